The van der Waals surface area contributed by atoms with E-state index in [9.17, 15) is 53.7 Å². The van der Waals surface area contributed by atoms with Crippen molar-refractivity contribution in [2.75, 3.05) is 37.0 Å². The van der Waals surface area contributed by atoms with Gasteiger partial charge in [-0.3, -0.25) is 36.3 Å². The lowest BCUT2D eigenvalue weighted by atomic mass is 10.1. The Balaban J connectivity index is 0.918. The molecule has 3 aliphatic rings. The van der Waals surface area contributed by atoms with E-state index in [0.717, 1.165) is 40.8 Å². The average Bonchev–Trinajstić information content (AvgIpc) is 4.13. The topological polar surface area (TPSA) is 496 Å². The molecule has 67 heavy (non-hydrogen) atoms. The third-order valence-electron chi connectivity index (χ3n) is 10.7. The van der Waals surface area contributed by atoms with Gasteiger partial charge in [-0.25, -0.2) is 58.6 Å². The maximum absolute atomic E-state index is 13.6. The van der Waals surface area contributed by atoms with Gasteiger partial charge in [0.05, 0.1) is 38.8 Å². The van der Waals surface area contributed by atoms with Crippen LogP contribution in [0.25, 0.3) is 33.5 Å². The second kappa shape index (κ2) is 17.9. The Labute approximate surface area is 371 Å². The molecule has 3 saturated heterocycles. The molecule has 362 valence electrons. The van der Waals surface area contributed by atoms with Gasteiger partial charge in [-0.2, -0.15) is 0 Å². The van der Waals surface area contributed by atoms with E-state index >= 15 is 0 Å². The van der Waals surface area contributed by atoms with Crippen LogP contribution in [0.4, 0.5) is 17.5 Å². The first-order chi connectivity index (χ1) is 31.7. The molecule has 3 unspecified atom stereocenters. The molecule has 6 aromatic heterocycles. The van der Waals surface area contributed by atoms with E-state index in [0.29, 0.717) is 0 Å². The summed E-state index contributed by atoms with van der Waals surface area (Å²) in [6.07, 6.45) is -13.7. The summed E-state index contributed by atoms with van der Waals surface area (Å²) in [5, 5.41) is 44.4. The smallest absolute Gasteiger partial charge is 0.387 e. The maximum atomic E-state index is 13.6. The second-order valence-electron chi connectivity index (χ2n) is 14.9. The molecule has 0 bridgehead atoms. The SMILES string of the molecule is Nc1ncnc2c1ncn2C1O[C@H](COP(=O)(O)O[C@@H]2[C@H](O)[C@@H](COP(=O)(O)O[C@@H]3[C@H](O)[C@@H](COP(=O)(O)O)O[C@H]3n3cnc4c(N)ncnc43)O[C@H]2n2cnc3c(N)ncnc32)[C@@H](O)[C@H]1O. The van der Waals surface area contributed by atoms with Crippen LogP contribution in [-0.4, -0.2) is 173 Å². The number of imidazole rings is 3. The number of nitrogen functional groups attached to an aromatic ring is 3. The molecular weight excluding hydrogens is 967 g/mol. The van der Waals surface area contributed by atoms with Crippen LogP contribution in [0.5, 0.6) is 0 Å². The second-order valence-corrected chi connectivity index (χ2v) is 18.9. The number of nitrogens with zero attached hydrogens (tertiary/aromatic N) is 12. The van der Waals surface area contributed by atoms with Gasteiger partial charge in [0.2, 0.25) is 0 Å². The van der Waals surface area contributed by atoms with Gasteiger partial charge in [0.25, 0.3) is 0 Å². The van der Waals surface area contributed by atoms with Crippen molar-refractivity contribution in [3.63, 3.8) is 0 Å². The summed E-state index contributed by atoms with van der Waals surface area (Å²) >= 11 is 0. The van der Waals surface area contributed by atoms with Gasteiger partial charge in [-0.1, -0.05) is 0 Å². The first-order valence-corrected chi connectivity index (χ1v) is 23.7. The van der Waals surface area contributed by atoms with E-state index in [1.54, 1.807) is 0 Å². The highest BCUT2D eigenvalue weighted by Crippen LogP contribution is 2.53. The number of phosphoric ester groups is 3. The number of phosphoric acid groups is 3. The van der Waals surface area contributed by atoms with Crippen molar-refractivity contribution in [2.24, 2.45) is 0 Å². The van der Waals surface area contributed by atoms with Gasteiger partial charge in [-0.05, 0) is 0 Å². The zero-order valence-corrected chi connectivity index (χ0v) is 36.2. The van der Waals surface area contributed by atoms with Crippen molar-refractivity contribution in [1.82, 2.24) is 58.6 Å². The molecule has 0 radical (unpaired) electrons. The van der Waals surface area contributed by atoms with E-state index in [1.807, 2.05) is 0 Å². The molecule has 0 amide bonds. The highest BCUT2D eigenvalue weighted by molar-refractivity contribution is 7.47. The van der Waals surface area contributed by atoms with Gasteiger partial charge in [0.1, 0.15) is 90.5 Å². The zero-order valence-electron chi connectivity index (χ0n) is 33.5. The zero-order chi connectivity index (χ0) is 47.7. The number of anilines is 3. The molecule has 0 saturated carbocycles. The van der Waals surface area contributed by atoms with Gasteiger partial charge >= 0.3 is 23.5 Å². The van der Waals surface area contributed by atoms with Crippen molar-refractivity contribution in [2.45, 2.75) is 73.6 Å². The number of hydrogen-bond donors (Lipinski definition) is 11. The summed E-state index contributed by atoms with van der Waals surface area (Å²) < 4.78 is 85.4. The number of rotatable bonds is 16. The summed E-state index contributed by atoms with van der Waals surface area (Å²) in [6, 6.07) is 0. The van der Waals surface area contributed by atoms with Gasteiger partial charge in [0.15, 0.2) is 53.1 Å². The van der Waals surface area contributed by atoms with Gasteiger partial charge in [-0.15, -0.1) is 0 Å². The van der Waals surface area contributed by atoms with Gasteiger partial charge < -0.3 is 71.4 Å². The number of ether oxygens (including phenoxy) is 3. The quantitative estimate of drug-likeness (QED) is 0.0419. The maximum Gasteiger partial charge on any atom is 0.472 e. The number of aliphatic hydroxyl groups is 4. The van der Waals surface area contributed by atoms with Crippen LogP contribution in [0.3, 0.4) is 0 Å². The Morgan fingerprint density at radius 2 is 0.836 bits per heavy atom. The predicted molar refractivity (Wildman–Crippen MR) is 214 cm³/mol. The summed E-state index contributed by atoms with van der Waals surface area (Å²) in [4.78, 5) is 76.7. The van der Waals surface area contributed by atoms with Crippen LogP contribution >= 0.6 is 23.5 Å². The largest absolute Gasteiger partial charge is 0.472 e. The Bertz CT molecular complexity index is 2940. The molecule has 14 atom stereocenters. The molecule has 0 aromatic carbocycles. The minimum atomic E-state index is -5.42. The Kier molecular flexibility index (Phi) is 12.6. The van der Waals surface area contributed by atoms with E-state index in [2.05, 4.69) is 49.4 Å². The number of nitrogens with two attached hydrogens (primary N) is 3. The Morgan fingerprint density at radius 1 is 0.493 bits per heavy atom. The first kappa shape index (κ1) is 47.2. The first-order valence-electron chi connectivity index (χ1n) is 19.2. The number of fused-ring (bicyclic) bond motifs is 3. The van der Waals surface area contributed by atoms with Crippen LogP contribution in [0, 0.1) is 0 Å². The normalized spacial score (nSPS) is 31.0. The molecule has 9 heterocycles. The fraction of sp³-hybridized carbons (Fsp3) is 0.500. The molecule has 0 spiro atoms. The summed E-state index contributed by atoms with van der Waals surface area (Å²) in [5.41, 5.74) is 18.0. The minimum Gasteiger partial charge on any atom is -0.387 e. The van der Waals surface area contributed by atoms with Crippen molar-refractivity contribution >= 4 is 74.4 Å². The molecular formula is C30H38N15O19P3. The highest BCUT2D eigenvalue weighted by atomic mass is 31.2. The number of hydrogen-bond acceptors (Lipinski definition) is 27. The molecule has 14 N–H and O–H groups in total. The van der Waals surface area contributed by atoms with Crippen LogP contribution in [-0.2, 0) is 50.5 Å². The third kappa shape index (κ3) is 9.22. The predicted octanol–water partition coefficient (Wildman–Crippen LogP) is -3.50. The molecule has 37 heteroatoms. The summed E-state index contributed by atoms with van der Waals surface area (Å²) in [6.45, 7) is -2.85. The fourth-order valence-corrected chi connectivity index (χ4v) is 9.73. The standard InChI is InChI=1S/C30H38N15O19P3/c31-22-13-25(37-4-34-22)43(7-40-13)28-19(49)16(46)10(60-28)2-58-66(53,54)64-21-18(48)12(62-30(21)45-9-42-15-24(33)36-6-39-27(15)45)3-59-67(55,56)63-20-17(47)11(1-57-65(50,51)52)61-29(20)44-8-41-14-23(32)35-5-38-26(14)44/h4-12,16-21,28-30,46-49H,1-3H2,(H,53,54)(H,55,56)(H2,31,34,37)(H2,32,35,38)(H2,33,36,39)(H2,50,51,52)/t10-,11-,12-,16-,17-,18-,19-,20-,21-,28?,29-,30-/m1/s1. The van der Waals surface area contributed by atoms with Crippen molar-refractivity contribution in [3.8, 4) is 0 Å². The van der Waals surface area contributed by atoms with Crippen LogP contribution in [0.15, 0.2) is 38.0 Å². The Morgan fingerprint density at radius 3 is 1.22 bits per heavy atom. The highest BCUT2D eigenvalue weighted by Gasteiger charge is 2.53. The Hall–Kier alpha value is -4.90. The molecule has 9 rings (SSSR count). The van der Waals surface area contributed by atoms with Crippen molar-refractivity contribution in [1.29, 1.82) is 0 Å². The lowest BCUT2D eigenvalue weighted by molar-refractivity contribution is -0.0644. The van der Waals surface area contributed by atoms with Crippen LogP contribution < -0.4 is 17.2 Å². The number of aliphatic hydroxyl groups excluding tert-OH is 4. The lowest BCUT2D eigenvalue weighted by Crippen LogP contribution is -2.37. The molecule has 34 nitrogen and oxygen atoms in total. The summed E-state index contributed by atoms with van der Waals surface area (Å²) in [7, 11) is -15.9. The third-order valence-corrected chi connectivity index (χ3v) is 13.1. The van der Waals surface area contributed by atoms with E-state index in [4.69, 9.17) is 49.5 Å². The fourth-order valence-electron chi connectivity index (χ4n) is 7.53. The van der Waals surface area contributed by atoms with E-state index in [-0.39, 0.29) is 50.9 Å². The lowest BCUT2D eigenvalue weighted by Gasteiger charge is -2.25. The molecule has 3 fully saturated rings. The number of aromatic nitrogens is 12. The molecule has 6 aromatic rings. The molecule has 0 aliphatic carbocycles. The van der Waals surface area contributed by atoms with Crippen LogP contribution in [0.2, 0.25) is 0 Å². The minimum absolute atomic E-state index is 0.00856. The van der Waals surface area contributed by atoms with E-state index < -0.39 is 117 Å². The van der Waals surface area contributed by atoms with E-state index in [1.165, 1.54) is 10.9 Å². The van der Waals surface area contributed by atoms with Crippen molar-refractivity contribution < 1.29 is 90.5 Å². The molecule has 3 aliphatic heterocycles. The average molecular weight is 1010 g/mol. The summed E-state index contributed by atoms with van der Waals surface area (Å²) in [5.74, 6) is -0.135. The van der Waals surface area contributed by atoms with Crippen LogP contribution in [0.1, 0.15) is 18.7 Å². The van der Waals surface area contributed by atoms with Gasteiger partial charge in [0, 0.05) is 0 Å². The monoisotopic (exact) mass is 1010 g/mol. The van der Waals surface area contributed by atoms with Crippen molar-refractivity contribution in [3.05, 3.63) is 38.0 Å².